The predicted molar refractivity (Wildman–Crippen MR) is 63.0 cm³/mol. The van der Waals surface area contributed by atoms with Crippen LogP contribution in [-0.2, 0) is 0 Å². The van der Waals surface area contributed by atoms with E-state index in [2.05, 4.69) is 22.9 Å². The number of aryl methyl sites for hydroxylation is 1. The van der Waals surface area contributed by atoms with Crippen LogP contribution in [-0.4, -0.2) is 24.6 Å². The molecular weight excluding hydrogens is 186 g/mol. The molecular formula is C12H19N3. The van der Waals surface area contributed by atoms with E-state index in [1.165, 1.54) is 12.0 Å². The van der Waals surface area contributed by atoms with Crippen LogP contribution in [0.5, 0.6) is 0 Å². The number of rotatable bonds is 3. The summed E-state index contributed by atoms with van der Waals surface area (Å²) in [4.78, 5) is 6.83. The van der Waals surface area contributed by atoms with Gasteiger partial charge in [-0.25, -0.2) is 4.98 Å². The molecule has 3 heteroatoms. The molecule has 1 saturated heterocycles. The molecule has 0 bridgehead atoms. The van der Waals surface area contributed by atoms with Crippen molar-refractivity contribution in [2.45, 2.75) is 19.8 Å². The number of anilines is 1. The molecule has 2 rings (SSSR count). The number of pyridine rings is 1. The van der Waals surface area contributed by atoms with Gasteiger partial charge in [-0.1, -0.05) is 6.07 Å². The van der Waals surface area contributed by atoms with Gasteiger partial charge in [0.1, 0.15) is 5.82 Å². The molecule has 0 saturated carbocycles. The first-order valence-electron chi connectivity index (χ1n) is 5.68. The minimum atomic E-state index is 0.761. The molecule has 0 aromatic carbocycles. The van der Waals surface area contributed by atoms with E-state index in [-0.39, 0.29) is 0 Å². The van der Waals surface area contributed by atoms with E-state index in [1.54, 1.807) is 0 Å². The highest BCUT2D eigenvalue weighted by atomic mass is 15.2. The molecule has 0 amide bonds. The second-order valence-electron chi connectivity index (χ2n) is 4.32. The highest BCUT2D eigenvalue weighted by Crippen LogP contribution is 2.25. The van der Waals surface area contributed by atoms with Crippen LogP contribution in [0, 0.1) is 12.8 Å². The van der Waals surface area contributed by atoms with Crippen LogP contribution in [0.25, 0.3) is 0 Å². The molecule has 2 N–H and O–H groups in total. The topological polar surface area (TPSA) is 42.2 Å². The van der Waals surface area contributed by atoms with Crippen molar-refractivity contribution in [1.29, 1.82) is 0 Å². The van der Waals surface area contributed by atoms with Gasteiger partial charge in [-0.2, -0.15) is 0 Å². The number of nitrogens with zero attached hydrogens (tertiary/aromatic N) is 2. The van der Waals surface area contributed by atoms with Gasteiger partial charge in [0.2, 0.25) is 0 Å². The average molecular weight is 205 g/mol. The second-order valence-corrected chi connectivity index (χ2v) is 4.32. The Morgan fingerprint density at radius 3 is 3.20 bits per heavy atom. The lowest BCUT2D eigenvalue weighted by molar-refractivity contribution is 0.546. The van der Waals surface area contributed by atoms with Crippen molar-refractivity contribution < 1.29 is 0 Å². The van der Waals surface area contributed by atoms with E-state index >= 15 is 0 Å². The van der Waals surface area contributed by atoms with E-state index in [0.717, 1.165) is 37.8 Å². The Bertz CT molecular complexity index is 324. The van der Waals surface area contributed by atoms with Crippen LogP contribution < -0.4 is 10.6 Å². The maximum absolute atomic E-state index is 5.59. The molecule has 1 fully saturated rings. The van der Waals surface area contributed by atoms with Gasteiger partial charge in [0.05, 0.1) is 0 Å². The first-order valence-corrected chi connectivity index (χ1v) is 5.68. The normalized spacial score (nSPS) is 20.9. The monoisotopic (exact) mass is 205 g/mol. The highest BCUT2D eigenvalue weighted by Gasteiger charge is 2.23. The van der Waals surface area contributed by atoms with Gasteiger partial charge in [-0.3, -0.25) is 0 Å². The first-order chi connectivity index (χ1) is 7.31. The summed E-state index contributed by atoms with van der Waals surface area (Å²) in [5, 5.41) is 0. The van der Waals surface area contributed by atoms with E-state index in [1.807, 2.05) is 12.3 Å². The summed E-state index contributed by atoms with van der Waals surface area (Å²) in [5.41, 5.74) is 6.86. The molecule has 1 aliphatic heterocycles. The Labute approximate surface area is 91.3 Å². The van der Waals surface area contributed by atoms with Crippen LogP contribution in [0.1, 0.15) is 18.4 Å². The van der Waals surface area contributed by atoms with Crippen molar-refractivity contribution in [3.05, 3.63) is 23.9 Å². The molecule has 1 aromatic heterocycles. The lowest BCUT2D eigenvalue weighted by Crippen LogP contribution is -2.22. The van der Waals surface area contributed by atoms with Gasteiger partial charge in [0.15, 0.2) is 0 Å². The van der Waals surface area contributed by atoms with Crippen LogP contribution in [0.4, 0.5) is 5.82 Å². The zero-order valence-corrected chi connectivity index (χ0v) is 9.32. The van der Waals surface area contributed by atoms with E-state index < -0.39 is 0 Å². The zero-order chi connectivity index (χ0) is 10.7. The maximum atomic E-state index is 5.59. The minimum absolute atomic E-state index is 0.761. The van der Waals surface area contributed by atoms with Crippen molar-refractivity contribution in [3.63, 3.8) is 0 Å². The van der Waals surface area contributed by atoms with Crippen LogP contribution in [0.2, 0.25) is 0 Å². The molecule has 2 heterocycles. The van der Waals surface area contributed by atoms with Crippen LogP contribution in [0.3, 0.4) is 0 Å². The molecule has 1 aromatic rings. The lowest BCUT2D eigenvalue weighted by atomic mass is 10.1. The Hall–Kier alpha value is -1.09. The fourth-order valence-corrected chi connectivity index (χ4v) is 2.30. The highest BCUT2D eigenvalue weighted by molar-refractivity contribution is 5.46. The average Bonchev–Trinajstić information content (AvgIpc) is 2.68. The van der Waals surface area contributed by atoms with Gasteiger partial charge < -0.3 is 10.6 Å². The molecule has 1 aliphatic rings. The summed E-state index contributed by atoms with van der Waals surface area (Å²) in [7, 11) is 0. The number of aromatic nitrogens is 1. The van der Waals surface area contributed by atoms with Crippen molar-refractivity contribution in [2.75, 3.05) is 24.5 Å². The van der Waals surface area contributed by atoms with Gasteiger partial charge in [0.25, 0.3) is 0 Å². The molecule has 1 atom stereocenters. The number of hydrogen-bond acceptors (Lipinski definition) is 3. The first kappa shape index (κ1) is 10.4. The summed E-state index contributed by atoms with van der Waals surface area (Å²) < 4.78 is 0. The van der Waals surface area contributed by atoms with Gasteiger partial charge in [0, 0.05) is 19.3 Å². The standard InChI is InChI=1S/C12H19N3/c1-10-3-2-7-14-12(10)15-8-5-11(9-15)4-6-13/h2-3,7,11H,4-6,8-9,13H2,1H3. The van der Waals surface area contributed by atoms with Crippen LogP contribution in [0.15, 0.2) is 18.3 Å². The van der Waals surface area contributed by atoms with E-state index in [4.69, 9.17) is 5.73 Å². The Kier molecular flexibility index (Phi) is 3.21. The third kappa shape index (κ3) is 2.29. The van der Waals surface area contributed by atoms with E-state index in [9.17, 15) is 0 Å². The van der Waals surface area contributed by atoms with Gasteiger partial charge in [-0.15, -0.1) is 0 Å². The summed E-state index contributed by atoms with van der Waals surface area (Å²) in [6.07, 6.45) is 4.27. The molecule has 1 unspecified atom stereocenters. The summed E-state index contributed by atoms with van der Waals surface area (Å²) in [5.74, 6) is 1.91. The third-order valence-corrected chi connectivity index (χ3v) is 3.14. The van der Waals surface area contributed by atoms with E-state index in [0.29, 0.717) is 0 Å². The smallest absolute Gasteiger partial charge is 0.131 e. The van der Waals surface area contributed by atoms with Crippen LogP contribution >= 0.6 is 0 Å². The Morgan fingerprint density at radius 1 is 1.60 bits per heavy atom. The molecule has 0 aliphatic carbocycles. The Balaban J connectivity index is 2.04. The zero-order valence-electron chi connectivity index (χ0n) is 9.32. The summed E-state index contributed by atoms with van der Waals surface area (Å²) in [6, 6.07) is 4.12. The fourth-order valence-electron chi connectivity index (χ4n) is 2.30. The quantitative estimate of drug-likeness (QED) is 0.814. The van der Waals surface area contributed by atoms with Crippen molar-refractivity contribution >= 4 is 5.82 Å². The predicted octanol–water partition coefficient (Wildman–Crippen LogP) is 1.57. The molecule has 15 heavy (non-hydrogen) atoms. The largest absolute Gasteiger partial charge is 0.356 e. The van der Waals surface area contributed by atoms with Crippen molar-refractivity contribution in [1.82, 2.24) is 4.98 Å². The third-order valence-electron chi connectivity index (χ3n) is 3.14. The summed E-state index contributed by atoms with van der Waals surface area (Å²) in [6.45, 7) is 5.18. The second kappa shape index (κ2) is 4.62. The molecule has 0 spiro atoms. The number of nitrogens with two attached hydrogens (primary N) is 1. The number of hydrogen-bond donors (Lipinski definition) is 1. The molecule has 0 radical (unpaired) electrons. The lowest BCUT2D eigenvalue weighted by Gasteiger charge is -2.19. The minimum Gasteiger partial charge on any atom is -0.356 e. The van der Waals surface area contributed by atoms with Gasteiger partial charge >= 0.3 is 0 Å². The van der Waals surface area contributed by atoms with Gasteiger partial charge in [-0.05, 0) is 43.9 Å². The van der Waals surface area contributed by atoms with Crippen molar-refractivity contribution in [3.8, 4) is 0 Å². The Morgan fingerprint density at radius 2 is 2.47 bits per heavy atom. The molecule has 3 nitrogen and oxygen atoms in total. The molecule has 82 valence electrons. The maximum Gasteiger partial charge on any atom is 0.131 e. The summed E-state index contributed by atoms with van der Waals surface area (Å²) >= 11 is 0. The fraction of sp³-hybridized carbons (Fsp3) is 0.583. The SMILES string of the molecule is Cc1cccnc1N1CCC(CCN)C1. The van der Waals surface area contributed by atoms with Crippen molar-refractivity contribution in [2.24, 2.45) is 11.7 Å².